The summed E-state index contributed by atoms with van der Waals surface area (Å²) in [7, 11) is 0. The molecular formula is C14H28O. The highest BCUT2D eigenvalue weighted by molar-refractivity contribution is 4.74. The molecule has 0 aromatic carbocycles. The highest BCUT2D eigenvalue weighted by atomic mass is 16.5. The van der Waals surface area contributed by atoms with Crippen molar-refractivity contribution in [2.24, 2.45) is 17.8 Å². The van der Waals surface area contributed by atoms with Gasteiger partial charge in [-0.2, -0.15) is 0 Å². The van der Waals surface area contributed by atoms with E-state index in [-0.39, 0.29) is 0 Å². The molecule has 0 bridgehead atoms. The molecule has 0 aromatic rings. The Bertz CT molecular complexity index is 152. The molecule has 1 heteroatoms. The lowest BCUT2D eigenvalue weighted by Gasteiger charge is -2.30. The molecule has 1 rings (SSSR count). The molecular weight excluding hydrogens is 184 g/mol. The van der Waals surface area contributed by atoms with E-state index >= 15 is 0 Å². The fraction of sp³-hybridized carbons (Fsp3) is 1.00. The van der Waals surface area contributed by atoms with Gasteiger partial charge in [-0.25, -0.2) is 0 Å². The Kier molecular flexibility index (Phi) is 5.66. The zero-order valence-electron chi connectivity index (χ0n) is 11.0. The van der Waals surface area contributed by atoms with Gasteiger partial charge in [-0.1, -0.05) is 26.7 Å². The van der Waals surface area contributed by atoms with Crippen molar-refractivity contribution in [1.82, 2.24) is 0 Å². The monoisotopic (exact) mass is 212 g/mol. The van der Waals surface area contributed by atoms with E-state index in [9.17, 15) is 0 Å². The first-order chi connectivity index (χ1) is 7.09. The second-order valence-corrected chi connectivity index (χ2v) is 5.73. The first-order valence-corrected chi connectivity index (χ1v) is 6.71. The van der Waals surface area contributed by atoms with Gasteiger partial charge in [0.15, 0.2) is 0 Å². The van der Waals surface area contributed by atoms with Gasteiger partial charge in [0, 0.05) is 6.61 Å². The number of hydrogen-bond acceptors (Lipinski definition) is 1. The predicted octanol–water partition coefficient (Wildman–Crippen LogP) is 4.26. The van der Waals surface area contributed by atoms with Crippen molar-refractivity contribution < 1.29 is 4.74 Å². The smallest absolute Gasteiger partial charge is 0.0518 e. The molecule has 0 radical (unpaired) electrons. The van der Waals surface area contributed by atoms with E-state index in [1.807, 2.05) is 0 Å². The van der Waals surface area contributed by atoms with Gasteiger partial charge in [0.1, 0.15) is 0 Å². The minimum atomic E-state index is 0.400. The lowest BCUT2D eigenvalue weighted by molar-refractivity contribution is 0.0613. The van der Waals surface area contributed by atoms with Gasteiger partial charge in [-0.3, -0.25) is 0 Å². The summed E-state index contributed by atoms with van der Waals surface area (Å²) in [5.74, 6) is 2.82. The van der Waals surface area contributed by atoms with Crippen molar-refractivity contribution >= 4 is 0 Å². The average Bonchev–Trinajstić information content (AvgIpc) is 2.18. The quantitative estimate of drug-likeness (QED) is 0.661. The van der Waals surface area contributed by atoms with Crippen LogP contribution in [0.1, 0.15) is 59.8 Å². The molecule has 1 nitrogen and oxygen atoms in total. The van der Waals surface area contributed by atoms with Crippen LogP contribution in [0.2, 0.25) is 0 Å². The molecule has 0 atom stereocenters. The number of hydrogen-bond donors (Lipinski definition) is 0. The third-order valence-electron chi connectivity index (χ3n) is 3.81. The Labute approximate surface area is 95.6 Å². The van der Waals surface area contributed by atoms with Crippen LogP contribution in [0, 0.1) is 17.8 Å². The van der Waals surface area contributed by atoms with Crippen molar-refractivity contribution in [3.05, 3.63) is 0 Å². The summed E-state index contributed by atoms with van der Waals surface area (Å²) in [6.45, 7) is 9.94. The Balaban J connectivity index is 2.09. The Morgan fingerprint density at radius 1 is 1.00 bits per heavy atom. The van der Waals surface area contributed by atoms with Gasteiger partial charge in [0.2, 0.25) is 0 Å². The third kappa shape index (κ3) is 5.01. The Morgan fingerprint density at radius 3 is 2.07 bits per heavy atom. The van der Waals surface area contributed by atoms with Gasteiger partial charge in [0.05, 0.1) is 6.10 Å². The zero-order valence-corrected chi connectivity index (χ0v) is 11.0. The highest BCUT2D eigenvalue weighted by Gasteiger charge is 2.22. The topological polar surface area (TPSA) is 9.23 Å². The first kappa shape index (κ1) is 13.0. The lowest BCUT2D eigenvalue weighted by Crippen LogP contribution is -2.20. The Morgan fingerprint density at radius 2 is 1.60 bits per heavy atom. The van der Waals surface area contributed by atoms with E-state index < -0.39 is 0 Å². The third-order valence-corrected chi connectivity index (χ3v) is 3.81. The first-order valence-electron chi connectivity index (χ1n) is 6.71. The van der Waals surface area contributed by atoms with Crippen LogP contribution in [0.4, 0.5) is 0 Å². The molecule has 1 aliphatic carbocycles. The second-order valence-electron chi connectivity index (χ2n) is 5.73. The maximum Gasteiger partial charge on any atom is 0.0518 e. The number of ether oxygens (including phenoxy) is 1. The van der Waals surface area contributed by atoms with Gasteiger partial charge < -0.3 is 4.74 Å². The van der Waals surface area contributed by atoms with Gasteiger partial charge in [-0.15, -0.1) is 0 Å². The Hall–Kier alpha value is -0.0400. The predicted molar refractivity (Wildman–Crippen MR) is 66.0 cm³/mol. The van der Waals surface area contributed by atoms with E-state index in [1.165, 1.54) is 32.1 Å². The maximum absolute atomic E-state index is 5.62. The normalized spacial score (nSPS) is 27.6. The van der Waals surface area contributed by atoms with E-state index in [0.29, 0.717) is 6.10 Å². The minimum Gasteiger partial charge on any atom is -0.379 e. The summed E-state index contributed by atoms with van der Waals surface area (Å²) in [5.41, 5.74) is 0. The number of rotatable bonds is 5. The lowest BCUT2D eigenvalue weighted by atomic mass is 9.76. The summed E-state index contributed by atoms with van der Waals surface area (Å²) in [4.78, 5) is 0. The molecule has 1 aliphatic rings. The van der Waals surface area contributed by atoms with Crippen LogP contribution in [0.25, 0.3) is 0 Å². The van der Waals surface area contributed by atoms with Crippen LogP contribution in [0.5, 0.6) is 0 Å². The van der Waals surface area contributed by atoms with E-state index in [4.69, 9.17) is 4.74 Å². The van der Waals surface area contributed by atoms with Crippen molar-refractivity contribution in [1.29, 1.82) is 0 Å². The summed E-state index contributed by atoms with van der Waals surface area (Å²) >= 11 is 0. The molecule has 0 spiro atoms. The summed E-state index contributed by atoms with van der Waals surface area (Å²) < 4.78 is 5.62. The van der Waals surface area contributed by atoms with E-state index in [0.717, 1.165) is 24.4 Å². The average molecular weight is 212 g/mol. The van der Waals surface area contributed by atoms with Gasteiger partial charge in [-0.05, 0) is 50.9 Å². The molecule has 0 aliphatic heterocycles. The van der Waals surface area contributed by atoms with Crippen LogP contribution in [-0.2, 0) is 4.74 Å². The molecule has 0 aromatic heterocycles. The fourth-order valence-electron chi connectivity index (χ4n) is 2.61. The molecule has 90 valence electrons. The van der Waals surface area contributed by atoms with Crippen LogP contribution in [-0.4, -0.2) is 12.7 Å². The standard InChI is InChI=1S/C14H28O/c1-11(2)14-7-5-13(6-8-14)9-10-15-12(3)4/h11-14H,5-10H2,1-4H3. The molecule has 15 heavy (non-hydrogen) atoms. The summed E-state index contributed by atoms with van der Waals surface area (Å²) in [6.07, 6.45) is 7.45. The molecule has 0 saturated heterocycles. The van der Waals surface area contributed by atoms with Crippen molar-refractivity contribution in [3.63, 3.8) is 0 Å². The van der Waals surface area contributed by atoms with Crippen molar-refractivity contribution in [2.45, 2.75) is 65.9 Å². The summed E-state index contributed by atoms with van der Waals surface area (Å²) in [5, 5.41) is 0. The van der Waals surface area contributed by atoms with Crippen molar-refractivity contribution in [3.8, 4) is 0 Å². The zero-order chi connectivity index (χ0) is 11.3. The second kappa shape index (κ2) is 6.52. The molecule has 1 saturated carbocycles. The van der Waals surface area contributed by atoms with Crippen molar-refractivity contribution in [2.75, 3.05) is 6.61 Å². The van der Waals surface area contributed by atoms with E-state index in [2.05, 4.69) is 27.7 Å². The highest BCUT2D eigenvalue weighted by Crippen LogP contribution is 2.34. The van der Waals surface area contributed by atoms with Gasteiger partial charge >= 0.3 is 0 Å². The minimum absolute atomic E-state index is 0.400. The molecule has 0 amide bonds. The van der Waals surface area contributed by atoms with Crippen LogP contribution < -0.4 is 0 Å². The molecule has 0 heterocycles. The van der Waals surface area contributed by atoms with Crippen LogP contribution in [0.15, 0.2) is 0 Å². The largest absolute Gasteiger partial charge is 0.379 e. The van der Waals surface area contributed by atoms with E-state index in [1.54, 1.807) is 0 Å². The molecule has 0 unspecified atom stereocenters. The van der Waals surface area contributed by atoms with Crippen LogP contribution in [0.3, 0.4) is 0 Å². The van der Waals surface area contributed by atoms with Gasteiger partial charge in [0.25, 0.3) is 0 Å². The fourth-order valence-corrected chi connectivity index (χ4v) is 2.61. The molecule has 1 fully saturated rings. The molecule has 0 N–H and O–H groups in total. The SMILES string of the molecule is CC(C)OCCC1CCC(C(C)C)CC1. The van der Waals surface area contributed by atoms with Crippen LogP contribution >= 0.6 is 0 Å². The maximum atomic E-state index is 5.62. The summed E-state index contributed by atoms with van der Waals surface area (Å²) in [6, 6.07) is 0.